The highest BCUT2D eigenvalue weighted by Crippen LogP contribution is 2.30. The molecule has 8 heteroatoms. The third-order valence-corrected chi connectivity index (χ3v) is 3.21. The van der Waals surface area contributed by atoms with E-state index in [0.717, 1.165) is 12.1 Å². The van der Waals surface area contributed by atoms with E-state index in [0.29, 0.717) is 13.0 Å². The fraction of sp³-hybridized carbons (Fsp3) is 0.533. The van der Waals surface area contributed by atoms with Crippen LogP contribution in [-0.4, -0.2) is 40.7 Å². The van der Waals surface area contributed by atoms with Crippen LogP contribution in [0.15, 0.2) is 18.2 Å². The molecule has 1 fully saturated rings. The molecule has 0 saturated carbocycles. The van der Waals surface area contributed by atoms with Gasteiger partial charge in [0, 0.05) is 13.0 Å². The first kappa shape index (κ1) is 17.0. The minimum Gasteiger partial charge on any atom is -0.482 e. The lowest BCUT2D eigenvalue weighted by molar-refractivity contribution is -0.386. The van der Waals surface area contributed by atoms with Gasteiger partial charge in [-0.2, -0.15) is 0 Å². The first-order valence-electron chi connectivity index (χ1n) is 7.24. The lowest BCUT2D eigenvalue weighted by Gasteiger charge is -2.24. The van der Waals surface area contributed by atoms with Gasteiger partial charge < -0.3 is 14.4 Å². The van der Waals surface area contributed by atoms with Crippen LogP contribution in [0.3, 0.4) is 0 Å². The van der Waals surface area contributed by atoms with Gasteiger partial charge in [0.15, 0.2) is 5.75 Å². The van der Waals surface area contributed by atoms with Crippen LogP contribution >= 0.6 is 0 Å². The number of ether oxygens (including phenoxy) is 2. The minimum absolute atomic E-state index is 0.00700. The van der Waals surface area contributed by atoms with Crippen molar-refractivity contribution in [2.45, 2.75) is 38.9 Å². The molecule has 1 saturated heterocycles. The minimum atomic E-state index is -0.703. The summed E-state index contributed by atoms with van der Waals surface area (Å²) in [5.41, 5.74) is -1.02. The Morgan fingerprint density at radius 1 is 1.43 bits per heavy atom. The molecule has 0 unspecified atom stereocenters. The summed E-state index contributed by atoms with van der Waals surface area (Å²) >= 11 is 0. The third-order valence-electron chi connectivity index (χ3n) is 3.21. The molecule has 2 rings (SSSR count). The zero-order valence-corrected chi connectivity index (χ0v) is 13.2. The van der Waals surface area contributed by atoms with Crippen molar-refractivity contribution in [3.05, 3.63) is 34.1 Å². The molecule has 126 valence electrons. The van der Waals surface area contributed by atoms with E-state index in [4.69, 9.17) is 9.47 Å². The van der Waals surface area contributed by atoms with Gasteiger partial charge in [-0.05, 0) is 32.9 Å². The van der Waals surface area contributed by atoms with E-state index < -0.39 is 34.2 Å². The molecule has 1 aliphatic heterocycles. The number of nitro groups is 1. The van der Waals surface area contributed by atoms with Crippen LogP contribution in [0.5, 0.6) is 5.75 Å². The molecule has 0 bridgehead atoms. The average Bonchev–Trinajstić information content (AvgIpc) is 2.87. The predicted molar refractivity (Wildman–Crippen MR) is 79.9 cm³/mol. The molecule has 0 aliphatic carbocycles. The fourth-order valence-corrected chi connectivity index (χ4v) is 2.23. The number of nitrogens with zero attached hydrogens (tertiary/aromatic N) is 2. The normalized spacial score (nSPS) is 17.9. The second-order valence-electron chi connectivity index (χ2n) is 6.32. The van der Waals surface area contributed by atoms with Gasteiger partial charge in [-0.1, -0.05) is 0 Å². The highest BCUT2D eigenvalue weighted by atomic mass is 19.1. The lowest BCUT2D eigenvalue weighted by atomic mass is 10.2. The Morgan fingerprint density at radius 2 is 2.13 bits per heavy atom. The summed E-state index contributed by atoms with van der Waals surface area (Å²) in [6, 6.07) is 3.14. The molecular formula is C15H19FN2O5. The van der Waals surface area contributed by atoms with Crippen molar-refractivity contribution in [2.75, 3.05) is 13.1 Å². The SMILES string of the molecule is CC(C)(C)OC(=O)N1CC[C@H](Oc2ccc(F)cc2[N+](=O)[O-])C1. The number of carbonyl (C=O) groups excluding carboxylic acids is 1. The van der Waals surface area contributed by atoms with Gasteiger partial charge >= 0.3 is 11.8 Å². The number of carbonyl (C=O) groups is 1. The van der Waals surface area contributed by atoms with E-state index in [1.54, 1.807) is 20.8 Å². The van der Waals surface area contributed by atoms with Crippen molar-refractivity contribution in [3.8, 4) is 5.75 Å². The Morgan fingerprint density at radius 3 is 2.74 bits per heavy atom. The van der Waals surface area contributed by atoms with Gasteiger partial charge in [0.05, 0.1) is 17.5 Å². The van der Waals surface area contributed by atoms with Crippen molar-refractivity contribution in [1.29, 1.82) is 0 Å². The number of nitro benzene ring substituents is 1. The summed E-state index contributed by atoms with van der Waals surface area (Å²) in [5, 5.41) is 11.0. The van der Waals surface area contributed by atoms with Crippen molar-refractivity contribution in [1.82, 2.24) is 4.90 Å². The zero-order valence-electron chi connectivity index (χ0n) is 13.2. The molecule has 1 amide bonds. The van der Waals surface area contributed by atoms with E-state index in [1.165, 1.54) is 11.0 Å². The highest BCUT2D eigenvalue weighted by molar-refractivity contribution is 5.68. The van der Waals surface area contributed by atoms with Gasteiger partial charge in [0.1, 0.15) is 17.5 Å². The number of amides is 1. The molecule has 0 radical (unpaired) electrons. The molecule has 23 heavy (non-hydrogen) atoms. The number of hydrogen-bond donors (Lipinski definition) is 0. The van der Waals surface area contributed by atoms with Gasteiger partial charge in [0.25, 0.3) is 0 Å². The summed E-state index contributed by atoms with van der Waals surface area (Å²) in [7, 11) is 0. The maximum absolute atomic E-state index is 13.1. The van der Waals surface area contributed by atoms with Gasteiger partial charge in [-0.25, -0.2) is 9.18 Å². The molecule has 1 aromatic carbocycles. The maximum atomic E-state index is 13.1. The summed E-state index contributed by atoms with van der Waals surface area (Å²) in [6.45, 7) is 6.03. The van der Waals surface area contributed by atoms with E-state index in [1.807, 2.05) is 0 Å². The second-order valence-corrected chi connectivity index (χ2v) is 6.32. The summed E-state index contributed by atoms with van der Waals surface area (Å²) in [4.78, 5) is 23.7. The Kier molecular flexibility index (Phi) is 4.72. The largest absolute Gasteiger partial charge is 0.482 e. The summed E-state index contributed by atoms with van der Waals surface area (Å²) in [6.07, 6.45) is -0.322. The number of hydrogen-bond acceptors (Lipinski definition) is 5. The van der Waals surface area contributed by atoms with Crippen LogP contribution in [-0.2, 0) is 4.74 Å². The zero-order chi connectivity index (χ0) is 17.2. The van der Waals surface area contributed by atoms with Crippen LogP contribution in [0, 0.1) is 15.9 Å². The van der Waals surface area contributed by atoms with Gasteiger partial charge in [-0.3, -0.25) is 10.1 Å². The molecular weight excluding hydrogens is 307 g/mol. The van der Waals surface area contributed by atoms with Crippen LogP contribution in [0.4, 0.5) is 14.9 Å². The van der Waals surface area contributed by atoms with Crippen molar-refractivity contribution >= 4 is 11.8 Å². The Labute approximate surface area is 133 Å². The third kappa shape index (κ3) is 4.54. The standard InChI is InChI=1S/C15H19FN2O5/c1-15(2,3)23-14(19)17-7-6-11(9-17)22-13-5-4-10(16)8-12(13)18(20)21/h4-5,8,11H,6-7,9H2,1-3H3/t11-/m0/s1. The van der Waals surface area contributed by atoms with Crippen LogP contribution in [0.25, 0.3) is 0 Å². The molecule has 1 aliphatic rings. The Bertz CT molecular complexity index is 614. The van der Waals surface area contributed by atoms with E-state index in [2.05, 4.69) is 0 Å². The van der Waals surface area contributed by atoms with E-state index in [-0.39, 0.29) is 12.3 Å². The number of likely N-dealkylation sites (tertiary alicyclic amines) is 1. The van der Waals surface area contributed by atoms with Crippen LogP contribution < -0.4 is 4.74 Å². The molecule has 1 atom stereocenters. The monoisotopic (exact) mass is 326 g/mol. The topological polar surface area (TPSA) is 81.9 Å². The van der Waals surface area contributed by atoms with Crippen LogP contribution in [0.1, 0.15) is 27.2 Å². The predicted octanol–water partition coefficient (Wildman–Crippen LogP) is 3.12. The van der Waals surface area contributed by atoms with Crippen molar-refractivity contribution in [3.63, 3.8) is 0 Å². The van der Waals surface area contributed by atoms with Gasteiger partial charge in [-0.15, -0.1) is 0 Å². The molecule has 0 N–H and O–H groups in total. The van der Waals surface area contributed by atoms with Crippen molar-refractivity contribution < 1.29 is 23.6 Å². The molecule has 1 aromatic rings. The average molecular weight is 326 g/mol. The number of halogens is 1. The molecule has 0 spiro atoms. The van der Waals surface area contributed by atoms with Crippen LogP contribution in [0.2, 0.25) is 0 Å². The molecule has 7 nitrogen and oxygen atoms in total. The van der Waals surface area contributed by atoms with E-state index >= 15 is 0 Å². The first-order chi connectivity index (χ1) is 10.7. The lowest BCUT2D eigenvalue weighted by Crippen LogP contribution is -2.36. The second kappa shape index (κ2) is 6.39. The number of benzene rings is 1. The smallest absolute Gasteiger partial charge is 0.410 e. The quantitative estimate of drug-likeness (QED) is 0.629. The maximum Gasteiger partial charge on any atom is 0.410 e. The summed E-state index contributed by atoms with van der Waals surface area (Å²) < 4.78 is 24.0. The Hall–Kier alpha value is -2.38. The fourth-order valence-electron chi connectivity index (χ4n) is 2.23. The summed E-state index contributed by atoms with van der Waals surface area (Å²) in [5.74, 6) is -0.710. The molecule has 0 aromatic heterocycles. The number of rotatable bonds is 3. The van der Waals surface area contributed by atoms with Gasteiger partial charge in [0.2, 0.25) is 0 Å². The Balaban J connectivity index is 2.01. The first-order valence-corrected chi connectivity index (χ1v) is 7.24. The molecule has 1 heterocycles. The van der Waals surface area contributed by atoms with E-state index in [9.17, 15) is 19.3 Å². The van der Waals surface area contributed by atoms with Crippen molar-refractivity contribution in [2.24, 2.45) is 0 Å². The highest BCUT2D eigenvalue weighted by Gasteiger charge is 2.32.